The summed E-state index contributed by atoms with van der Waals surface area (Å²) in [7, 11) is 0. The lowest BCUT2D eigenvalue weighted by atomic mass is 10.2. The van der Waals surface area contributed by atoms with Gasteiger partial charge >= 0.3 is 0 Å². The van der Waals surface area contributed by atoms with Gasteiger partial charge in [-0.3, -0.25) is 9.59 Å². The minimum atomic E-state index is -0.543. The van der Waals surface area contributed by atoms with Crippen molar-refractivity contribution < 1.29 is 14.3 Å². The molecule has 0 saturated heterocycles. The average molecular weight is 336 g/mol. The fourth-order valence-corrected chi connectivity index (χ4v) is 1.78. The third-order valence-electron chi connectivity index (χ3n) is 1.95. The zero-order valence-corrected chi connectivity index (χ0v) is 11.8. The number of ether oxygens (including phenoxy) is 1. The van der Waals surface area contributed by atoms with Crippen molar-refractivity contribution in [2.24, 2.45) is 5.73 Å². The Bertz CT molecular complexity index is 454. The summed E-state index contributed by atoms with van der Waals surface area (Å²) in [5.41, 5.74) is 5.33. The van der Waals surface area contributed by atoms with Crippen molar-refractivity contribution in [1.82, 2.24) is 5.32 Å². The number of rotatable bonds is 6. The molecule has 2 amide bonds. The Morgan fingerprint density at radius 2 is 2.17 bits per heavy atom. The lowest BCUT2D eigenvalue weighted by molar-refractivity contribution is -0.122. The van der Waals surface area contributed by atoms with E-state index in [4.69, 9.17) is 22.1 Å². The van der Waals surface area contributed by atoms with E-state index in [0.717, 1.165) is 0 Å². The Morgan fingerprint density at radius 3 is 2.83 bits per heavy atom. The van der Waals surface area contributed by atoms with E-state index < -0.39 is 5.91 Å². The van der Waals surface area contributed by atoms with Crippen molar-refractivity contribution in [1.29, 1.82) is 0 Å². The van der Waals surface area contributed by atoms with Gasteiger partial charge in [0.15, 0.2) is 0 Å². The van der Waals surface area contributed by atoms with Crippen LogP contribution in [0, 0.1) is 0 Å². The predicted molar refractivity (Wildman–Crippen MR) is 71.5 cm³/mol. The van der Waals surface area contributed by atoms with Gasteiger partial charge in [-0.15, -0.1) is 0 Å². The maximum atomic E-state index is 11.8. The van der Waals surface area contributed by atoms with Gasteiger partial charge in [-0.2, -0.15) is 0 Å². The maximum Gasteiger partial charge on any atom is 0.252 e. The Balaban J connectivity index is 2.41. The summed E-state index contributed by atoms with van der Waals surface area (Å²) in [6.07, 6.45) is 0. The molecule has 0 radical (unpaired) electrons. The van der Waals surface area contributed by atoms with E-state index in [9.17, 15) is 9.59 Å². The molecule has 18 heavy (non-hydrogen) atoms. The topological polar surface area (TPSA) is 81.4 Å². The Labute approximate surface area is 118 Å². The number of carbonyl (C=O) groups is 2. The molecule has 98 valence electrons. The first-order valence-corrected chi connectivity index (χ1v) is 6.27. The maximum absolute atomic E-state index is 11.8. The molecule has 0 aliphatic rings. The summed E-state index contributed by atoms with van der Waals surface area (Å²) in [5.74, 6) is -0.814. The summed E-state index contributed by atoms with van der Waals surface area (Å²) in [6, 6.07) is 4.93. The van der Waals surface area contributed by atoms with Crippen LogP contribution in [0.5, 0.6) is 0 Å². The van der Waals surface area contributed by atoms with Crippen molar-refractivity contribution >= 4 is 39.3 Å². The van der Waals surface area contributed by atoms with Crippen LogP contribution in [-0.4, -0.2) is 31.6 Å². The van der Waals surface area contributed by atoms with Gasteiger partial charge in [0.25, 0.3) is 5.91 Å². The molecule has 0 aliphatic heterocycles. The van der Waals surface area contributed by atoms with Gasteiger partial charge < -0.3 is 15.8 Å². The van der Waals surface area contributed by atoms with Crippen LogP contribution in [0.1, 0.15) is 10.4 Å². The second kappa shape index (κ2) is 7.35. The van der Waals surface area contributed by atoms with Crippen molar-refractivity contribution in [2.75, 3.05) is 19.8 Å². The van der Waals surface area contributed by atoms with Crippen LogP contribution in [0.25, 0.3) is 0 Å². The van der Waals surface area contributed by atoms with Crippen molar-refractivity contribution in [2.45, 2.75) is 0 Å². The molecule has 1 aromatic carbocycles. The highest BCUT2D eigenvalue weighted by atomic mass is 79.9. The van der Waals surface area contributed by atoms with E-state index >= 15 is 0 Å². The summed E-state index contributed by atoms with van der Waals surface area (Å²) < 4.78 is 5.56. The number of nitrogens with two attached hydrogens (primary N) is 1. The molecule has 1 rings (SSSR count). The summed E-state index contributed by atoms with van der Waals surface area (Å²) >= 11 is 9.06. The summed E-state index contributed by atoms with van der Waals surface area (Å²) in [6.45, 7) is 0.342. The third-order valence-corrected chi connectivity index (χ3v) is 2.88. The molecule has 0 saturated carbocycles. The molecule has 0 unspecified atom stereocenters. The average Bonchev–Trinajstić information content (AvgIpc) is 2.31. The van der Waals surface area contributed by atoms with E-state index in [-0.39, 0.29) is 25.7 Å². The van der Waals surface area contributed by atoms with Crippen molar-refractivity contribution in [3.05, 3.63) is 33.3 Å². The molecule has 7 heteroatoms. The van der Waals surface area contributed by atoms with Crippen molar-refractivity contribution in [3.63, 3.8) is 0 Å². The molecule has 3 N–H and O–H groups in total. The predicted octanol–water partition coefficient (Wildman–Crippen LogP) is 1.33. The molecule has 0 heterocycles. The molecule has 0 aliphatic carbocycles. The number of hydrogen-bond acceptors (Lipinski definition) is 3. The van der Waals surface area contributed by atoms with E-state index in [1.54, 1.807) is 18.2 Å². The lowest BCUT2D eigenvalue weighted by Gasteiger charge is -2.07. The van der Waals surface area contributed by atoms with Gasteiger partial charge in [0.1, 0.15) is 6.61 Å². The molecule has 0 bridgehead atoms. The number of amides is 2. The van der Waals surface area contributed by atoms with Crippen LogP contribution >= 0.6 is 27.5 Å². The molecule has 0 spiro atoms. The fourth-order valence-electron chi connectivity index (χ4n) is 1.18. The SMILES string of the molecule is NC(=O)COCCNC(=O)c1cc(Cl)ccc1Br. The standard InChI is InChI=1S/C11H12BrClN2O3/c12-9-2-1-7(13)5-8(9)11(17)15-3-4-18-6-10(14)16/h1-2,5H,3-4,6H2,(H2,14,16)(H,15,17). The minimum absolute atomic E-state index is 0.156. The molecular weight excluding hydrogens is 323 g/mol. The van der Waals surface area contributed by atoms with Crippen LogP contribution in [0.3, 0.4) is 0 Å². The number of hydrogen-bond donors (Lipinski definition) is 2. The number of nitrogens with one attached hydrogen (secondary N) is 1. The number of primary amides is 1. The van der Waals surface area contributed by atoms with Gasteiger partial charge in [0.05, 0.1) is 12.2 Å². The molecule has 1 aromatic rings. The lowest BCUT2D eigenvalue weighted by Crippen LogP contribution is -2.29. The Morgan fingerprint density at radius 1 is 1.44 bits per heavy atom. The van der Waals surface area contributed by atoms with Gasteiger partial charge in [0.2, 0.25) is 5.91 Å². The summed E-state index contributed by atoms with van der Waals surface area (Å²) in [5, 5.41) is 3.12. The second-order valence-corrected chi connectivity index (χ2v) is 4.69. The number of carbonyl (C=O) groups excluding carboxylic acids is 2. The first kappa shape index (κ1) is 14.9. The first-order valence-electron chi connectivity index (χ1n) is 5.10. The second-order valence-electron chi connectivity index (χ2n) is 3.40. The van der Waals surface area contributed by atoms with Gasteiger partial charge in [-0.1, -0.05) is 11.6 Å². The van der Waals surface area contributed by atoms with E-state index in [1.807, 2.05) is 0 Å². The van der Waals surface area contributed by atoms with Crippen LogP contribution < -0.4 is 11.1 Å². The van der Waals surface area contributed by atoms with Crippen LogP contribution in [0.4, 0.5) is 0 Å². The fraction of sp³-hybridized carbons (Fsp3) is 0.273. The first-order chi connectivity index (χ1) is 8.50. The van der Waals surface area contributed by atoms with E-state index in [0.29, 0.717) is 15.1 Å². The highest BCUT2D eigenvalue weighted by Crippen LogP contribution is 2.20. The van der Waals surface area contributed by atoms with Gasteiger partial charge in [0, 0.05) is 16.0 Å². The zero-order valence-electron chi connectivity index (χ0n) is 9.41. The molecule has 5 nitrogen and oxygen atoms in total. The quantitative estimate of drug-likeness (QED) is 0.770. The smallest absolute Gasteiger partial charge is 0.252 e. The summed E-state index contributed by atoms with van der Waals surface area (Å²) in [4.78, 5) is 22.2. The Hall–Kier alpha value is -1.11. The van der Waals surface area contributed by atoms with Gasteiger partial charge in [-0.05, 0) is 34.1 Å². The third kappa shape index (κ3) is 5.03. The van der Waals surface area contributed by atoms with Crippen molar-refractivity contribution in [3.8, 4) is 0 Å². The number of halogens is 2. The van der Waals surface area contributed by atoms with E-state index in [2.05, 4.69) is 21.2 Å². The zero-order chi connectivity index (χ0) is 13.5. The Kier molecular flexibility index (Phi) is 6.11. The largest absolute Gasteiger partial charge is 0.370 e. The molecule has 0 aromatic heterocycles. The molecular formula is C11H12BrClN2O3. The monoisotopic (exact) mass is 334 g/mol. The highest BCUT2D eigenvalue weighted by Gasteiger charge is 2.09. The highest BCUT2D eigenvalue weighted by molar-refractivity contribution is 9.10. The van der Waals surface area contributed by atoms with Crippen LogP contribution in [0.15, 0.2) is 22.7 Å². The van der Waals surface area contributed by atoms with E-state index in [1.165, 1.54) is 0 Å². The van der Waals surface area contributed by atoms with Gasteiger partial charge in [-0.25, -0.2) is 0 Å². The molecule has 0 fully saturated rings. The minimum Gasteiger partial charge on any atom is -0.370 e. The van der Waals surface area contributed by atoms with Crippen LogP contribution in [0.2, 0.25) is 5.02 Å². The normalized spacial score (nSPS) is 10.1. The van der Waals surface area contributed by atoms with Crippen LogP contribution in [-0.2, 0) is 9.53 Å². The number of benzene rings is 1. The molecule has 0 atom stereocenters.